The van der Waals surface area contributed by atoms with Crippen molar-refractivity contribution >= 4 is 80.7 Å². The number of nitrogens with one attached hydrogen (secondary N) is 3. The molecule has 1 aromatic heterocycles. The van der Waals surface area contributed by atoms with Gasteiger partial charge >= 0.3 is 0 Å². The molecule has 0 aliphatic rings. The van der Waals surface area contributed by atoms with Crippen LogP contribution in [0.25, 0.3) is 11.3 Å². The maximum absolute atomic E-state index is 12.6. The van der Waals surface area contributed by atoms with Crippen LogP contribution in [0.5, 0.6) is 5.75 Å². The number of carbonyl (C=O) groups is 2. The summed E-state index contributed by atoms with van der Waals surface area (Å²) in [6, 6.07) is 24.9. The van der Waals surface area contributed by atoms with Crippen molar-refractivity contribution in [1.29, 1.82) is 0 Å². The molecule has 0 saturated heterocycles. The van der Waals surface area contributed by atoms with Gasteiger partial charge in [-0.3, -0.25) is 9.59 Å². The predicted octanol–water partition coefficient (Wildman–Crippen LogP) is 8.60. The summed E-state index contributed by atoms with van der Waals surface area (Å²) in [5, 5.41) is 13.8. The van der Waals surface area contributed by atoms with Crippen molar-refractivity contribution in [1.82, 2.24) is 10.4 Å². The highest BCUT2D eigenvalue weighted by atomic mass is 35.5. The van der Waals surface area contributed by atoms with Crippen LogP contribution in [0.1, 0.15) is 21.5 Å². The minimum absolute atomic E-state index is 0.169. The van der Waals surface area contributed by atoms with Crippen LogP contribution in [0.2, 0.25) is 15.1 Å². The Kier molecular flexibility index (Phi) is 10.1. The van der Waals surface area contributed by atoms with Gasteiger partial charge in [-0.2, -0.15) is 5.10 Å². The number of benzene rings is 4. The van der Waals surface area contributed by atoms with Gasteiger partial charge in [0.2, 0.25) is 0 Å². The van der Waals surface area contributed by atoms with Gasteiger partial charge in [-0.05, 0) is 72.6 Å². The van der Waals surface area contributed by atoms with E-state index in [0.717, 1.165) is 27.6 Å². The Morgan fingerprint density at radius 3 is 2.36 bits per heavy atom. The van der Waals surface area contributed by atoms with E-state index in [4.69, 9.17) is 39.5 Å². The van der Waals surface area contributed by atoms with Gasteiger partial charge in [-0.15, -0.1) is 11.3 Å². The topological polar surface area (TPSA) is 105 Å². The number of nitrogens with zero attached hydrogens (tertiary/aromatic N) is 2. The molecule has 4 aromatic carbocycles. The SMILES string of the molecule is Cc1ccccc1NC(=O)COc1c(Cl)cc(/C=N\NC(=O)c2ccc(-c3csc(Nc4ccc(Cl)cc4)n3)cc2)cc1Cl. The molecular formula is C32H24Cl3N5O3S. The Labute approximate surface area is 272 Å². The van der Waals surface area contributed by atoms with Crippen LogP contribution in [0.15, 0.2) is 95.4 Å². The molecule has 2 amide bonds. The summed E-state index contributed by atoms with van der Waals surface area (Å²) in [4.78, 5) is 29.6. The number of aryl methyl sites for hydroxylation is 1. The molecule has 0 aliphatic heterocycles. The second-order valence-electron chi connectivity index (χ2n) is 9.41. The number of hydrogen-bond acceptors (Lipinski definition) is 7. The lowest BCUT2D eigenvalue weighted by molar-refractivity contribution is -0.118. The van der Waals surface area contributed by atoms with Crippen molar-refractivity contribution in [3.63, 3.8) is 0 Å². The summed E-state index contributed by atoms with van der Waals surface area (Å²) in [5.41, 5.74) is 7.59. The molecule has 1 heterocycles. The lowest BCUT2D eigenvalue weighted by Gasteiger charge is -2.12. The van der Waals surface area contributed by atoms with Gasteiger partial charge in [-0.25, -0.2) is 10.4 Å². The molecule has 0 saturated carbocycles. The van der Waals surface area contributed by atoms with Gasteiger partial charge in [0.05, 0.1) is 22.0 Å². The van der Waals surface area contributed by atoms with Crippen LogP contribution >= 0.6 is 46.1 Å². The third-order valence-corrected chi connectivity index (χ3v) is 7.78. The molecule has 8 nitrogen and oxygen atoms in total. The van der Waals surface area contributed by atoms with Crippen molar-refractivity contribution in [3.05, 3.63) is 122 Å². The Morgan fingerprint density at radius 2 is 1.66 bits per heavy atom. The van der Waals surface area contributed by atoms with Gasteiger partial charge < -0.3 is 15.4 Å². The largest absolute Gasteiger partial charge is 0.481 e. The molecule has 0 unspecified atom stereocenters. The third-order valence-electron chi connectivity index (χ3n) is 6.21. The fraction of sp³-hybridized carbons (Fsp3) is 0.0625. The lowest BCUT2D eigenvalue weighted by atomic mass is 10.1. The lowest BCUT2D eigenvalue weighted by Crippen LogP contribution is -2.20. The van der Waals surface area contributed by atoms with E-state index in [0.29, 0.717) is 21.8 Å². The van der Waals surface area contributed by atoms with Crippen molar-refractivity contribution < 1.29 is 14.3 Å². The Balaban J connectivity index is 1.14. The smallest absolute Gasteiger partial charge is 0.271 e. The number of ether oxygens (including phenoxy) is 1. The first kappa shape index (κ1) is 31.0. The second-order valence-corrected chi connectivity index (χ2v) is 11.5. The first-order chi connectivity index (χ1) is 21.2. The zero-order valence-electron chi connectivity index (χ0n) is 23.1. The van der Waals surface area contributed by atoms with Crippen LogP contribution in [0, 0.1) is 6.92 Å². The number of hydrogen-bond donors (Lipinski definition) is 3. The molecular weight excluding hydrogens is 641 g/mol. The Morgan fingerprint density at radius 1 is 0.955 bits per heavy atom. The van der Waals surface area contributed by atoms with E-state index in [2.05, 4.69) is 26.1 Å². The second kappa shape index (κ2) is 14.4. The van der Waals surface area contributed by atoms with Crippen molar-refractivity contribution in [2.24, 2.45) is 5.10 Å². The average Bonchev–Trinajstić information content (AvgIpc) is 3.47. The van der Waals surface area contributed by atoms with Crippen LogP contribution < -0.4 is 20.8 Å². The minimum atomic E-state index is -0.395. The van der Waals surface area contributed by atoms with Crippen molar-refractivity contribution in [2.75, 3.05) is 17.2 Å². The van der Waals surface area contributed by atoms with Gasteiger partial charge in [0.15, 0.2) is 17.5 Å². The van der Waals surface area contributed by atoms with E-state index in [9.17, 15) is 9.59 Å². The van der Waals surface area contributed by atoms with Gasteiger partial charge in [0.25, 0.3) is 11.8 Å². The summed E-state index contributed by atoms with van der Waals surface area (Å²) in [7, 11) is 0. The molecule has 0 bridgehead atoms. The van der Waals surface area contributed by atoms with Crippen LogP contribution in [-0.2, 0) is 4.79 Å². The summed E-state index contributed by atoms with van der Waals surface area (Å²) in [5.74, 6) is -0.578. The van der Waals surface area contributed by atoms with E-state index in [-0.39, 0.29) is 28.3 Å². The monoisotopic (exact) mass is 663 g/mol. The van der Waals surface area contributed by atoms with Crippen LogP contribution in [0.4, 0.5) is 16.5 Å². The molecule has 222 valence electrons. The highest BCUT2D eigenvalue weighted by molar-refractivity contribution is 7.14. The highest BCUT2D eigenvalue weighted by Crippen LogP contribution is 2.34. The zero-order chi connectivity index (χ0) is 31.1. The van der Waals surface area contributed by atoms with Crippen LogP contribution in [-0.4, -0.2) is 29.6 Å². The molecule has 0 aliphatic carbocycles. The number of anilines is 3. The molecule has 44 heavy (non-hydrogen) atoms. The quantitative estimate of drug-likeness (QED) is 0.102. The molecule has 5 aromatic rings. The van der Waals surface area contributed by atoms with E-state index in [1.807, 2.05) is 54.8 Å². The van der Waals surface area contributed by atoms with Gasteiger partial charge in [0, 0.05) is 32.9 Å². The Bertz CT molecular complexity index is 1800. The summed E-state index contributed by atoms with van der Waals surface area (Å²) in [6.45, 7) is 1.62. The molecule has 3 N–H and O–H groups in total. The number of para-hydroxylation sites is 1. The molecule has 0 atom stereocenters. The maximum Gasteiger partial charge on any atom is 0.271 e. The van der Waals surface area contributed by atoms with Crippen molar-refractivity contribution in [2.45, 2.75) is 6.92 Å². The number of halogens is 3. The van der Waals surface area contributed by atoms with E-state index < -0.39 is 5.91 Å². The van der Waals surface area contributed by atoms with Gasteiger partial charge in [-0.1, -0.05) is 65.1 Å². The fourth-order valence-electron chi connectivity index (χ4n) is 3.97. The molecule has 12 heteroatoms. The van der Waals surface area contributed by atoms with E-state index >= 15 is 0 Å². The maximum atomic E-state index is 12.6. The molecule has 0 fully saturated rings. The number of amides is 2. The first-order valence-corrected chi connectivity index (χ1v) is 15.2. The number of aromatic nitrogens is 1. The summed E-state index contributed by atoms with van der Waals surface area (Å²) < 4.78 is 5.57. The molecule has 0 spiro atoms. The van der Waals surface area contributed by atoms with Gasteiger partial charge in [0.1, 0.15) is 0 Å². The minimum Gasteiger partial charge on any atom is -0.481 e. The van der Waals surface area contributed by atoms with Crippen molar-refractivity contribution in [3.8, 4) is 17.0 Å². The summed E-state index contributed by atoms with van der Waals surface area (Å²) >= 11 is 20.1. The zero-order valence-corrected chi connectivity index (χ0v) is 26.2. The average molecular weight is 665 g/mol. The van der Waals surface area contributed by atoms with E-state index in [1.54, 1.807) is 42.5 Å². The highest BCUT2D eigenvalue weighted by Gasteiger charge is 2.13. The Hall–Kier alpha value is -4.41. The predicted molar refractivity (Wildman–Crippen MR) is 179 cm³/mol. The first-order valence-electron chi connectivity index (χ1n) is 13.1. The number of rotatable bonds is 10. The molecule has 0 radical (unpaired) electrons. The summed E-state index contributed by atoms with van der Waals surface area (Å²) in [6.07, 6.45) is 1.41. The number of hydrazone groups is 1. The normalized spacial score (nSPS) is 10.9. The standard InChI is InChI=1S/C32H24Cl3N5O3S/c1-19-4-2-3-5-27(19)38-29(41)17-43-30-25(34)14-20(15-26(30)35)16-36-40-31(42)22-8-6-21(7-9-22)28-18-44-32(39-28)37-24-12-10-23(33)11-13-24/h2-16,18H,17H2,1H3,(H,37,39)(H,38,41)(H,40,42)/b36-16-. The number of carbonyl (C=O) groups excluding carboxylic acids is 2. The van der Waals surface area contributed by atoms with Crippen LogP contribution in [0.3, 0.4) is 0 Å². The number of thiazole rings is 1. The third kappa shape index (κ3) is 8.15. The van der Waals surface area contributed by atoms with E-state index in [1.165, 1.54) is 17.6 Å². The molecule has 5 rings (SSSR count). The fourth-order valence-corrected chi connectivity index (χ4v) is 5.45.